The van der Waals surface area contributed by atoms with E-state index in [4.69, 9.17) is 17.3 Å². The third-order valence-electron chi connectivity index (χ3n) is 3.29. The van der Waals surface area contributed by atoms with Crippen molar-refractivity contribution in [3.63, 3.8) is 0 Å². The lowest BCUT2D eigenvalue weighted by molar-refractivity contribution is 0.565. The number of nitrogens with two attached hydrogens (primary N) is 1. The molecule has 0 bridgehead atoms. The molecule has 0 saturated heterocycles. The molecule has 3 N–H and O–H groups in total. The zero-order chi connectivity index (χ0) is 11.1. The van der Waals surface area contributed by atoms with Gasteiger partial charge < -0.3 is 11.1 Å². The Balaban J connectivity index is 1.75. The Morgan fingerprint density at radius 3 is 2.38 bits per heavy atom. The molecule has 2 saturated carbocycles. The Morgan fingerprint density at radius 2 is 1.88 bits per heavy atom. The van der Waals surface area contributed by atoms with E-state index in [0.29, 0.717) is 11.2 Å². The van der Waals surface area contributed by atoms with E-state index < -0.39 is 0 Å². The number of aromatic nitrogens is 2. The van der Waals surface area contributed by atoms with Crippen LogP contribution in [0.5, 0.6) is 0 Å². The fraction of sp³-hybridized carbons (Fsp3) is 0.636. The van der Waals surface area contributed by atoms with Crippen LogP contribution in [0, 0.1) is 11.8 Å². The average molecular weight is 239 g/mol. The third kappa shape index (κ3) is 2.21. The number of hydrogen-bond donors (Lipinski definition) is 2. The smallest absolute Gasteiger partial charge is 0.223 e. The Hall–Kier alpha value is -1.03. The summed E-state index contributed by atoms with van der Waals surface area (Å²) in [6.07, 6.45) is 5.34. The predicted octanol–water partition coefficient (Wildman–Crippen LogP) is 2.31. The first-order valence-corrected chi connectivity index (χ1v) is 6.17. The largest absolute Gasteiger partial charge is 0.368 e. The van der Waals surface area contributed by atoms with Crippen LogP contribution >= 0.6 is 11.6 Å². The minimum Gasteiger partial charge on any atom is -0.368 e. The van der Waals surface area contributed by atoms with Crippen LogP contribution in [0.25, 0.3) is 0 Å². The van der Waals surface area contributed by atoms with E-state index in [1.54, 1.807) is 6.07 Å². The molecule has 2 aliphatic carbocycles. The Kier molecular flexibility index (Phi) is 2.39. The van der Waals surface area contributed by atoms with Crippen LogP contribution < -0.4 is 11.1 Å². The van der Waals surface area contributed by atoms with E-state index >= 15 is 0 Å². The average Bonchev–Trinajstić information content (AvgIpc) is 3.07. The summed E-state index contributed by atoms with van der Waals surface area (Å²) in [7, 11) is 0. The molecule has 86 valence electrons. The molecule has 0 aliphatic heterocycles. The summed E-state index contributed by atoms with van der Waals surface area (Å²) < 4.78 is 0. The molecule has 5 heteroatoms. The number of hydrogen-bond acceptors (Lipinski definition) is 4. The number of halogens is 1. The molecule has 0 spiro atoms. The van der Waals surface area contributed by atoms with E-state index in [2.05, 4.69) is 15.3 Å². The molecule has 0 amide bonds. The highest BCUT2D eigenvalue weighted by Gasteiger charge is 2.41. The summed E-state index contributed by atoms with van der Waals surface area (Å²) in [5, 5.41) is 3.87. The SMILES string of the molecule is Nc1nc(Cl)cc(NC(C2CC2)C2CC2)n1. The molecule has 2 aliphatic rings. The van der Waals surface area contributed by atoms with Gasteiger partial charge in [-0.1, -0.05) is 11.6 Å². The van der Waals surface area contributed by atoms with E-state index in [9.17, 15) is 0 Å². The summed E-state index contributed by atoms with van der Waals surface area (Å²) in [4.78, 5) is 8.02. The van der Waals surface area contributed by atoms with Gasteiger partial charge in [0, 0.05) is 12.1 Å². The summed E-state index contributed by atoms with van der Waals surface area (Å²) in [6.45, 7) is 0. The lowest BCUT2D eigenvalue weighted by atomic mass is 10.1. The Labute approximate surface area is 99.6 Å². The summed E-state index contributed by atoms with van der Waals surface area (Å²) in [5.41, 5.74) is 5.57. The van der Waals surface area contributed by atoms with Gasteiger partial charge in [0.05, 0.1) is 0 Å². The molecule has 16 heavy (non-hydrogen) atoms. The number of rotatable bonds is 4. The maximum atomic E-state index is 5.85. The van der Waals surface area contributed by atoms with Crippen molar-refractivity contribution >= 4 is 23.4 Å². The zero-order valence-electron chi connectivity index (χ0n) is 8.99. The first-order chi connectivity index (χ1) is 7.72. The monoisotopic (exact) mass is 238 g/mol. The van der Waals surface area contributed by atoms with Crippen molar-refractivity contribution in [3.8, 4) is 0 Å². The summed E-state index contributed by atoms with van der Waals surface area (Å²) in [6, 6.07) is 2.31. The molecule has 0 unspecified atom stereocenters. The van der Waals surface area contributed by atoms with Gasteiger partial charge in [-0.2, -0.15) is 4.98 Å². The van der Waals surface area contributed by atoms with Gasteiger partial charge in [0.15, 0.2) is 0 Å². The standard InChI is InChI=1S/C11H15ClN4/c12-8-5-9(16-11(13)14-8)15-10(6-1-2-6)7-3-4-7/h5-7,10H,1-4H2,(H3,13,14,15,16). The zero-order valence-corrected chi connectivity index (χ0v) is 9.74. The second-order valence-corrected chi connectivity index (χ2v) is 5.17. The van der Waals surface area contributed by atoms with Crippen LogP contribution in [0.15, 0.2) is 6.07 Å². The van der Waals surface area contributed by atoms with Crippen LogP contribution in [-0.2, 0) is 0 Å². The molecule has 0 radical (unpaired) electrons. The van der Waals surface area contributed by atoms with Crippen molar-refractivity contribution in [1.29, 1.82) is 0 Å². The highest BCUT2D eigenvalue weighted by atomic mass is 35.5. The Morgan fingerprint density at radius 1 is 1.25 bits per heavy atom. The van der Waals surface area contributed by atoms with E-state index in [1.165, 1.54) is 25.7 Å². The minimum atomic E-state index is 0.236. The topological polar surface area (TPSA) is 63.8 Å². The second kappa shape index (κ2) is 3.77. The van der Waals surface area contributed by atoms with Gasteiger partial charge in [0.25, 0.3) is 0 Å². The Bertz CT molecular complexity index is 369. The predicted molar refractivity (Wildman–Crippen MR) is 64.3 cm³/mol. The van der Waals surface area contributed by atoms with Crippen LogP contribution in [-0.4, -0.2) is 16.0 Å². The van der Waals surface area contributed by atoms with Gasteiger partial charge in [-0.05, 0) is 37.5 Å². The van der Waals surface area contributed by atoms with Crippen molar-refractivity contribution < 1.29 is 0 Å². The molecule has 0 atom stereocenters. The minimum absolute atomic E-state index is 0.236. The lowest BCUT2D eigenvalue weighted by Gasteiger charge is -2.18. The number of nitrogens with zero attached hydrogens (tertiary/aromatic N) is 2. The first kappa shape index (κ1) is 10.1. The molecule has 3 rings (SSSR count). The molecule has 0 aromatic carbocycles. The van der Waals surface area contributed by atoms with E-state index in [-0.39, 0.29) is 5.95 Å². The number of nitrogen functional groups attached to an aromatic ring is 1. The molecular formula is C11H15ClN4. The molecule has 4 nitrogen and oxygen atoms in total. The van der Waals surface area contributed by atoms with Crippen molar-refractivity contribution in [2.24, 2.45) is 11.8 Å². The fourth-order valence-corrected chi connectivity index (χ4v) is 2.40. The summed E-state index contributed by atoms with van der Waals surface area (Å²) in [5.74, 6) is 2.64. The van der Waals surface area contributed by atoms with Crippen LogP contribution in [0.2, 0.25) is 5.15 Å². The lowest BCUT2D eigenvalue weighted by Crippen LogP contribution is -2.25. The normalized spacial score (nSPS) is 20.1. The molecule has 2 fully saturated rings. The molecular weight excluding hydrogens is 224 g/mol. The van der Waals surface area contributed by atoms with Crippen molar-refractivity contribution in [2.75, 3.05) is 11.1 Å². The van der Waals surface area contributed by atoms with E-state index in [1.807, 2.05) is 0 Å². The van der Waals surface area contributed by atoms with Gasteiger partial charge in [-0.3, -0.25) is 0 Å². The highest BCUT2D eigenvalue weighted by molar-refractivity contribution is 6.29. The van der Waals surface area contributed by atoms with Gasteiger partial charge in [-0.15, -0.1) is 0 Å². The quantitative estimate of drug-likeness (QED) is 0.791. The van der Waals surface area contributed by atoms with Gasteiger partial charge in [0.1, 0.15) is 11.0 Å². The first-order valence-electron chi connectivity index (χ1n) is 5.79. The van der Waals surface area contributed by atoms with Gasteiger partial charge >= 0.3 is 0 Å². The molecule has 1 heterocycles. The fourth-order valence-electron chi connectivity index (χ4n) is 2.21. The highest BCUT2D eigenvalue weighted by Crippen LogP contribution is 2.45. The van der Waals surface area contributed by atoms with Crippen LogP contribution in [0.3, 0.4) is 0 Å². The number of anilines is 2. The molecule has 1 aromatic heterocycles. The maximum Gasteiger partial charge on any atom is 0.223 e. The van der Waals surface area contributed by atoms with Crippen molar-refractivity contribution in [2.45, 2.75) is 31.7 Å². The van der Waals surface area contributed by atoms with E-state index in [0.717, 1.165) is 17.7 Å². The van der Waals surface area contributed by atoms with Crippen molar-refractivity contribution in [3.05, 3.63) is 11.2 Å². The van der Waals surface area contributed by atoms with Crippen molar-refractivity contribution in [1.82, 2.24) is 9.97 Å². The number of nitrogens with one attached hydrogen (secondary N) is 1. The van der Waals surface area contributed by atoms with Gasteiger partial charge in [-0.25, -0.2) is 4.98 Å². The van der Waals surface area contributed by atoms with Crippen LogP contribution in [0.4, 0.5) is 11.8 Å². The molecule has 1 aromatic rings. The van der Waals surface area contributed by atoms with Gasteiger partial charge in [0.2, 0.25) is 5.95 Å². The second-order valence-electron chi connectivity index (χ2n) is 4.78. The maximum absolute atomic E-state index is 5.85. The third-order valence-corrected chi connectivity index (χ3v) is 3.48. The van der Waals surface area contributed by atoms with Crippen LogP contribution in [0.1, 0.15) is 25.7 Å². The summed E-state index contributed by atoms with van der Waals surface area (Å²) >= 11 is 5.85.